The van der Waals surface area contributed by atoms with Crippen LogP contribution in [0.1, 0.15) is 23.7 Å². The summed E-state index contributed by atoms with van der Waals surface area (Å²) in [5, 5.41) is 3.94. The predicted octanol–water partition coefficient (Wildman–Crippen LogP) is 2.93. The van der Waals surface area contributed by atoms with E-state index in [4.69, 9.17) is 0 Å². The number of aryl methyl sites for hydroxylation is 1. The number of nitrogens with zero attached hydrogens (tertiary/aromatic N) is 2. The van der Waals surface area contributed by atoms with Crippen LogP contribution in [-0.4, -0.2) is 15.7 Å². The molecular formula is C14H13F3N4O. The molecule has 2 aromatic rings. The number of halogens is 3. The van der Waals surface area contributed by atoms with Gasteiger partial charge in [0.2, 0.25) is 5.95 Å². The maximum Gasteiger partial charge on any atom is 0.416 e. The lowest BCUT2D eigenvalue weighted by atomic mass is 10.1. The van der Waals surface area contributed by atoms with E-state index in [9.17, 15) is 18.0 Å². The molecule has 1 heterocycles. The Morgan fingerprint density at radius 3 is 2.68 bits per heavy atom. The van der Waals surface area contributed by atoms with Crippen molar-refractivity contribution in [2.45, 2.75) is 20.0 Å². The van der Waals surface area contributed by atoms with Gasteiger partial charge in [0.25, 0.3) is 5.56 Å². The first-order valence-electron chi connectivity index (χ1n) is 6.31. The lowest BCUT2D eigenvalue weighted by Crippen LogP contribution is -2.11. The number of rotatable bonds is 3. The summed E-state index contributed by atoms with van der Waals surface area (Å²) >= 11 is 0. The van der Waals surface area contributed by atoms with Crippen LogP contribution >= 0.6 is 0 Å². The van der Waals surface area contributed by atoms with Crippen molar-refractivity contribution in [2.75, 3.05) is 5.43 Å². The van der Waals surface area contributed by atoms with Gasteiger partial charge in [-0.3, -0.25) is 9.78 Å². The van der Waals surface area contributed by atoms with Crippen molar-refractivity contribution in [1.82, 2.24) is 9.97 Å². The number of hydrogen-bond donors (Lipinski definition) is 2. The van der Waals surface area contributed by atoms with Gasteiger partial charge < -0.3 is 0 Å². The quantitative estimate of drug-likeness (QED) is 0.676. The highest BCUT2D eigenvalue weighted by Gasteiger charge is 2.30. The molecular weight excluding hydrogens is 297 g/mol. The summed E-state index contributed by atoms with van der Waals surface area (Å²) < 4.78 is 38.0. The van der Waals surface area contributed by atoms with Gasteiger partial charge in [0.05, 0.1) is 11.3 Å². The third-order valence-electron chi connectivity index (χ3n) is 2.81. The topological polar surface area (TPSA) is 70.1 Å². The molecule has 0 aliphatic carbocycles. The number of alkyl halides is 3. The van der Waals surface area contributed by atoms with Gasteiger partial charge in [-0.15, -0.1) is 0 Å². The molecule has 1 aromatic heterocycles. The molecule has 0 radical (unpaired) electrons. The number of hydrogen-bond acceptors (Lipinski definition) is 4. The molecule has 2 rings (SSSR count). The molecule has 0 atom stereocenters. The molecule has 0 saturated carbocycles. The van der Waals surface area contributed by atoms with Gasteiger partial charge >= 0.3 is 6.18 Å². The molecule has 0 fully saturated rings. The van der Waals surface area contributed by atoms with Crippen molar-refractivity contribution in [1.29, 1.82) is 0 Å². The highest BCUT2D eigenvalue weighted by molar-refractivity contribution is 5.99. The first kappa shape index (κ1) is 15.7. The van der Waals surface area contributed by atoms with Crippen LogP contribution in [0.25, 0.3) is 0 Å². The smallest absolute Gasteiger partial charge is 0.291 e. The second-order valence-corrected chi connectivity index (χ2v) is 4.62. The second kappa shape index (κ2) is 6.00. The summed E-state index contributed by atoms with van der Waals surface area (Å²) in [5.74, 6) is 0.122. The number of H-pyrrole nitrogens is 1. The van der Waals surface area contributed by atoms with Gasteiger partial charge in [-0.25, -0.2) is 10.4 Å². The minimum absolute atomic E-state index is 0.122. The fourth-order valence-electron chi connectivity index (χ4n) is 1.75. The summed E-state index contributed by atoms with van der Waals surface area (Å²) in [6.45, 7) is 3.19. The fourth-order valence-corrected chi connectivity index (χ4v) is 1.75. The number of aromatic nitrogens is 2. The van der Waals surface area contributed by atoms with E-state index in [-0.39, 0.29) is 11.5 Å². The minimum Gasteiger partial charge on any atom is -0.291 e. The van der Waals surface area contributed by atoms with Crippen molar-refractivity contribution >= 4 is 11.7 Å². The number of benzene rings is 1. The summed E-state index contributed by atoms with van der Waals surface area (Å²) in [4.78, 5) is 17.7. The van der Waals surface area contributed by atoms with Gasteiger partial charge in [0, 0.05) is 11.8 Å². The molecule has 1 aromatic carbocycles. The van der Waals surface area contributed by atoms with Crippen LogP contribution in [0.15, 0.2) is 40.2 Å². The van der Waals surface area contributed by atoms with E-state index in [0.29, 0.717) is 17.0 Å². The van der Waals surface area contributed by atoms with E-state index in [1.807, 2.05) is 0 Å². The van der Waals surface area contributed by atoms with E-state index >= 15 is 0 Å². The maximum absolute atomic E-state index is 12.7. The molecule has 2 N–H and O–H groups in total. The number of hydrazone groups is 1. The van der Waals surface area contributed by atoms with Gasteiger partial charge in [0.1, 0.15) is 0 Å². The Morgan fingerprint density at radius 2 is 2.05 bits per heavy atom. The van der Waals surface area contributed by atoms with Crippen LogP contribution in [-0.2, 0) is 6.18 Å². The standard InChI is InChI=1S/C14H13F3N4O/c1-8-6-12(22)19-13(18-8)21-20-9(2)10-4-3-5-11(7-10)14(15,16)17/h3-7H,1-2H3,(H2,18,19,21,22)/b20-9+. The molecule has 5 nitrogen and oxygen atoms in total. The Bertz CT molecular complexity index is 765. The highest BCUT2D eigenvalue weighted by Crippen LogP contribution is 2.29. The summed E-state index contributed by atoms with van der Waals surface area (Å²) in [6, 6.07) is 6.14. The third kappa shape index (κ3) is 3.94. The third-order valence-corrected chi connectivity index (χ3v) is 2.81. The van der Waals surface area contributed by atoms with Crippen LogP contribution in [0.3, 0.4) is 0 Å². The average molecular weight is 310 g/mol. The van der Waals surface area contributed by atoms with E-state index in [2.05, 4.69) is 20.5 Å². The molecule has 0 unspecified atom stereocenters. The second-order valence-electron chi connectivity index (χ2n) is 4.62. The normalized spacial score (nSPS) is 12.3. The van der Waals surface area contributed by atoms with Crippen LogP contribution < -0.4 is 11.0 Å². The van der Waals surface area contributed by atoms with Gasteiger partial charge in [-0.05, 0) is 31.5 Å². The highest BCUT2D eigenvalue weighted by atomic mass is 19.4. The van der Waals surface area contributed by atoms with Crippen molar-refractivity contribution < 1.29 is 13.2 Å². The Hall–Kier alpha value is -2.64. The lowest BCUT2D eigenvalue weighted by Gasteiger charge is -2.08. The van der Waals surface area contributed by atoms with Crippen molar-refractivity contribution in [3.63, 3.8) is 0 Å². The van der Waals surface area contributed by atoms with E-state index < -0.39 is 11.7 Å². The molecule has 22 heavy (non-hydrogen) atoms. The number of aromatic amines is 1. The van der Waals surface area contributed by atoms with Crippen molar-refractivity contribution in [2.24, 2.45) is 5.10 Å². The monoisotopic (exact) mass is 310 g/mol. The zero-order valence-corrected chi connectivity index (χ0v) is 11.8. The largest absolute Gasteiger partial charge is 0.416 e. The van der Waals surface area contributed by atoms with Crippen molar-refractivity contribution in [3.05, 3.63) is 57.5 Å². The first-order valence-corrected chi connectivity index (χ1v) is 6.31. The predicted molar refractivity (Wildman–Crippen MR) is 76.9 cm³/mol. The molecule has 8 heteroatoms. The molecule has 0 aliphatic heterocycles. The summed E-state index contributed by atoms with van der Waals surface area (Å²) in [5.41, 5.74) is 2.57. The number of nitrogens with one attached hydrogen (secondary N) is 2. The van der Waals surface area contributed by atoms with Crippen LogP contribution in [0.4, 0.5) is 19.1 Å². The molecule has 0 spiro atoms. The van der Waals surface area contributed by atoms with Gasteiger partial charge in [-0.2, -0.15) is 18.3 Å². The van der Waals surface area contributed by atoms with E-state index in [0.717, 1.165) is 12.1 Å². The Morgan fingerprint density at radius 1 is 1.32 bits per heavy atom. The van der Waals surface area contributed by atoms with Crippen molar-refractivity contribution in [3.8, 4) is 0 Å². The molecule has 0 saturated heterocycles. The Kier molecular flexibility index (Phi) is 4.30. The first-order chi connectivity index (χ1) is 10.3. The molecule has 0 aliphatic rings. The minimum atomic E-state index is -4.41. The van der Waals surface area contributed by atoms with Crippen LogP contribution in [0.2, 0.25) is 0 Å². The fraction of sp³-hybridized carbons (Fsp3) is 0.214. The molecule has 0 bridgehead atoms. The zero-order valence-electron chi connectivity index (χ0n) is 11.8. The maximum atomic E-state index is 12.7. The summed E-state index contributed by atoms with van der Waals surface area (Å²) in [7, 11) is 0. The summed E-state index contributed by atoms with van der Waals surface area (Å²) in [6.07, 6.45) is -4.41. The number of anilines is 1. The van der Waals surface area contributed by atoms with Crippen LogP contribution in [0, 0.1) is 6.92 Å². The van der Waals surface area contributed by atoms with E-state index in [1.54, 1.807) is 13.8 Å². The van der Waals surface area contributed by atoms with Gasteiger partial charge in [0.15, 0.2) is 0 Å². The Labute approximate surface area is 123 Å². The van der Waals surface area contributed by atoms with E-state index in [1.165, 1.54) is 18.2 Å². The average Bonchev–Trinajstić information content (AvgIpc) is 2.43. The lowest BCUT2D eigenvalue weighted by molar-refractivity contribution is -0.137. The zero-order chi connectivity index (χ0) is 16.3. The van der Waals surface area contributed by atoms with Crippen LogP contribution in [0.5, 0.6) is 0 Å². The SMILES string of the molecule is C/C(=N\Nc1nc(C)cc(=O)[nH]1)c1cccc(C(F)(F)F)c1. The van der Waals surface area contributed by atoms with Gasteiger partial charge in [-0.1, -0.05) is 12.1 Å². The molecule has 0 amide bonds. The Balaban J connectivity index is 2.24. The molecule has 116 valence electrons.